The highest BCUT2D eigenvalue weighted by Crippen LogP contribution is 2.41. The summed E-state index contributed by atoms with van der Waals surface area (Å²) in [6.45, 7) is 1.11. The lowest BCUT2D eigenvalue weighted by Gasteiger charge is -2.18. The number of likely N-dealkylation sites (N-methyl/N-ethyl adjacent to an activating group) is 1. The molecule has 138 valence electrons. The van der Waals surface area contributed by atoms with Crippen molar-refractivity contribution in [3.63, 3.8) is 0 Å². The van der Waals surface area contributed by atoms with Crippen LogP contribution in [0.3, 0.4) is 0 Å². The molecule has 0 amide bonds. The van der Waals surface area contributed by atoms with Gasteiger partial charge in [0, 0.05) is 37.0 Å². The average molecular weight is 366 g/mol. The van der Waals surface area contributed by atoms with Gasteiger partial charge in [0.05, 0.1) is 16.8 Å². The van der Waals surface area contributed by atoms with Crippen molar-refractivity contribution in [2.24, 2.45) is 5.73 Å². The minimum atomic E-state index is -4.95. The maximum atomic E-state index is 13.3. The molecule has 0 bridgehead atoms. The van der Waals surface area contributed by atoms with Gasteiger partial charge >= 0.3 is 12.4 Å². The van der Waals surface area contributed by atoms with E-state index in [1.54, 1.807) is 11.9 Å². The molecule has 4 nitrogen and oxygen atoms in total. The van der Waals surface area contributed by atoms with Crippen LogP contribution in [-0.4, -0.2) is 35.2 Å². The van der Waals surface area contributed by atoms with Crippen LogP contribution in [-0.2, 0) is 18.9 Å². The maximum Gasteiger partial charge on any atom is 0.417 e. The summed E-state index contributed by atoms with van der Waals surface area (Å²) in [5, 5.41) is 6.27. The van der Waals surface area contributed by atoms with E-state index in [-0.39, 0.29) is 18.3 Å². The number of halogens is 6. The summed E-state index contributed by atoms with van der Waals surface area (Å²) in [7, 11) is 1.72. The third kappa shape index (κ3) is 4.51. The van der Waals surface area contributed by atoms with Gasteiger partial charge in [0.15, 0.2) is 0 Å². The number of hydrogen-bond donors (Lipinski definition) is 2. The number of hydrogen-bond acceptors (Lipinski definition) is 3. The van der Waals surface area contributed by atoms with Crippen LogP contribution < -0.4 is 5.73 Å². The van der Waals surface area contributed by atoms with Crippen LogP contribution in [0.5, 0.6) is 0 Å². The van der Waals surface area contributed by atoms with Gasteiger partial charge in [0.1, 0.15) is 0 Å². The van der Waals surface area contributed by atoms with Crippen molar-refractivity contribution in [2.75, 3.05) is 20.1 Å². The second kappa shape index (κ2) is 7.04. The molecule has 0 atom stereocenters. The predicted octanol–water partition coefficient (Wildman–Crippen LogP) is 3.50. The quantitative estimate of drug-likeness (QED) is 0.797. The Labute approximate surface area is 139 Å². The Bertz CT molecular complexity index is 720. The minimum absolute atomic E-state index is 0.0371. The molecule has 0 unspecified atom stereocenters. The molecular formula is C15H16F6N4. The molecule has 10 heteroatoms. The van der Waals surface area contributed by atoms with Crippen LogP contribution in [0.1, 0.15) is 16.7 Å². The molecule has 25 heavy (non-hydrogen) atoms. The predicted molar refractivity (Wildman–Crippen MR) is 79.4 cm³/mol. The number of nitrogens with zero attached hydrogens (tertiary/aromatic N) is 2. The van der Waals surface area contributed by atoms with E-state index in [0.29, 0.717) is 24.7 Å². The highest BCUT2D eigenvalue weighted by atomic mass is 19.4. The van der Waals surface area contributed by atoms with Crippen molar-refractivity contribution in [3.8, 4) is 11.3 Å². The average Bonchev–Trinajstić information content (AvgIpc) is 2.93. The van der Waals surface area contributed by atoms with Crippen molar-refractivity contribution in [1.82, 2.24) is 15.1 Å². The van der Waals surface area contributed by atoms with E-state index in [9.17, 15) is 26.3 Å². The number of H-pyrrole nitrogens is 1. The Morgan fingerprint density at radius 3 is 2.36 bits per heavy atom. The number of aromatic nitrogens is 2. The van der Waals surface area contributed by atoms with Crippen LogP contribution in [0.2, 0.25) is 0 Å². The SMILES string of the molecule is CN(CCN)Cc1c[nH]nc1-c1ccc(C(F)(F)F)cc1C(F)(F)F. The van der Waals surface area contributed by atoms with Crippen LogP contribution in [0, 0.1) is 0 Å². The number of benzene rings is 1. The Kier molecular flexibility index (Phi) is 5.43. The maximum absolute atomic E-state index is 13.3. The van der Waals surface area contributed by atoms with Crippen molar-refractivity contribution in [1.29, 1.82) is 0 Å². The van der Waals surface area contributed by atoms with Gasteiger partial charge in [-0.05, 0) is 19.2 Å². The van der Waals surface area contributed by atoms with Crippen LogP contribution in [0.25, 0.3) is 11.3 Å². The summed E-state index contributed by atoms with van der Waals surface area (Å²) in [6.07, 6.45) is -8.40. The van der Waals surface area contributed by atoms with Crippen molar-refractivity contribution < 1.29 is 26.3 Å². The molecule has 0 aliphatic carbocycles. The molecule has 0 spiro atoms. The first-order valence-electron chi connectivity index (χ1n) is 7.24. The molecule has 0 saturated heterocycles. The standard InChI is InChI=1S/C15H16F6N4/c1-25(5-4-22)8-9-7-23-24-13(9)11-3-2-10(14(16,17)18)6-12(11)15(19,20)21/h2-3,6-7H,4-5,8,22H2,1H3,(H,23,24). The fourth-order valence-electron chi connectivity index (χ4n) is 2.42. The van der Waals surface area contributed by atoms with Crippen LogP contribution >= 0.6 is 0 Å². The zero-order valence-electron chi connectivity index (χ0n) is 13.2. The van der Waals surface area contributed by atoms with Crippen LogP contribution in [0.4, 0.5) is 26.3 Å². The van der Waals surface area contributed by atoms with E-state index in [1.807, 2.05) is 0 Å². The lowest BCUT2D eigenvalue weighted by atomic mass is 9.98. The van der Waals surface area contributed by atoms with Gasteiger partial charge in [-0.3, -0.25) is 5.10 Å². The Hall–Kier alpha value is -2.07. The molecule has 2 aromatic rings. The molecule has 1 heterocycles. The van der Waals surface area contributed by atoms with E-state index in [0.717, 1.165) is 6.07 Å². The first kappa shape index (κ1) is 19.3. The van der Waals surface area contributed by atoms with Gasteiger partial charge in [0.2, 0.25) is 0 Å². The zero-order valence-corrected chi connectivity index (χ0v) is 13.2. The number of aromatic amines is 1. The topological polar surface area (TPSA) is 57.9 Å². The van der Waals surface area contributed by atoms with Gasteiger partial charge in [-0.25, -0.2) is 0 Å². The molecule has 0 fully saturated rings. The number of rotatable bonds is 5. The first-order valence-corrected chi connectivity index (χ1v) is 7.24. The van der Waals surface area contributed by atoms with Crippen molar-refractivity contribution in [3.05, 3.63) is 41.1 Å². The monoisotopic (exact) mass is 366 g/mol. The summed E-state index contributed by atoms with van der Waals surface area (Å²) in [4.78, 5) is 1.77. The molecular weight excluding hydrogens is 350 g/mol. The Morgan fingerprint density at radius 1 is 1.12 bits per heavy atom. The smallest absolute Gasteiger partial charge is 0.329 e. The van der Waals surface area contributed by atoms with Gasteiger partial charge in [-0.2, -0.15) is 31.4 Å². The third-order valence-corrected chi connectivity index (χ3v) is 3.58. The number of nitrogens with one attached hydrogen (secondary N) is 1. The number of alkyl halides is 6. The zero-order chi connectivity index (χ0) is 18.8. The third-order valence-electron chi connectivity index (χ3n) is 3.58. The van der Waals surface area contributed by atoms with E-state index in [4.69, 9.17) is 5.73 Å². The summed E-state index contributed by atoms with van der Waals surface area (Å²) in [6, 6.07) is 1.53. The lowest BCUT2D eigenvalue weighted by Crippen LogP contribution is -2.25. The molecule has 0 saturated carbocycles. The molecule has 3 N–H and O–H groups in total. The van der Waals surface area contributed by atoms with E-state index in [1.165, 1.54) is 6.20 Å². The molecule has 0 aliphatic rings. The largest absolute Gasteiger partial charge is 0.417 e. The summed E-state index contributed by atoms with van der Waals surface area (Å²) in [5.41, 5.74) is 2.68. The van der Waals surface area contributed by atoms with Gasteiger partial charge in [0.25, 0.3) is 0 Å². The normalized spacial score (nSPS) is 12.8. The highest BCUT2D eigenvalue weighted by Gasteiger charge is 2.39. The van der Waals surface area contributed by atoms with E-state index < -0.39 is 29.0 Å². The van der Waals surface area contributed by atoms with Gasteiger partial charge in [-0.15, -0.1) is 0 Å². The lowest BCUT2D eigenvalue weighted by molar-refractivity contribution is -0.142. The van der Waals surface area contributed by atoms with E-state index in [2.05, 4.69) is 10.2 Å². The van der Waals surface area contributed by atoms with Gasteiger partial charge < -0.3 is 10.6 Å². The number of nitrogens with two attached hydrogens (primary N) is 1. The van der Waals surface area contributed by atoms with E-state index >= 15 is 0 Å². The molecule has 0 radical (unpaired) electrons. The van der Waals surface area contributed by atoms with Crippen molar-refractivity contribution >= 4 is 0 Å². The van der Waals surface area contributed by atoms with Gasteiger partial charge in [-0.1, -0.05) is 6.07 Å². The second-order valence-electron chi connectivity index (χ2n) is 5.54. The summed E-state index contributed by atoms with van der Waals surface area (Å²) in [5.74, 6) is 0. The Balaban J connectivity index is 2.51. The fraction of sp³-hybridized carbons (Fsp3) is 0.400. The minimum Gasteiger partial charge on any atom is -0.329 e. The molecule has 1 aromatic heterocycles. The fourth-order valence-corrected chi connectivity index (χ4v) is 2.42. The Morgan fingerprint density at radius 2 is 1.80 bits per heavy atom. The second-order valence-corrected chi connectivity index (χ2v) is 5.54. The highest BCUT2D eigenvalue weighted by molar-refractivity contribution is 5.68. The molecule has 0 aliphatic heterocycles. The molecule has 2 rings (SSSR count). The molecule has 1 aromatic carbocycles. The first-order chi connectivity index (χ1) is 11.5. The van der Waals surface area contributed by atoms with Crippen LogP contribution in [0.15, 0.2) is 24.4 Å². The summed E-state index contributed by atoms with van der Waals surface area (Å²) >= 11 is 0. The summed E-state index contributed by atoms with van der Waals surface area (Å²) < 4.78 is 78.1. The van der Waals surface area contributed by atoms with Crippen molar-refractivity contribution in [2.45, 2.75) is 18.9 Å².